The van der Waals surface area contributed by atoms with Gasteiger partial charge in [0.25, 0.3) is 0 Å². The Balaban J connectivity index is 2.07. The molecule has 28 heavy (non-hydrogen) atoms. The van der Waals surface area contributed by atoms with Crippen molar-refractivity contribution in [3.05, 3.63) is 71.8 Å². The quantitative estimate of drug-likeness (QED) is 0.451. The van der Waals surface area contributed by atoms with E-state index in [-0.39, 0.29) is 5.41 Å². The highest BCUT2D eigenvalue weighted by Gasteiger charge is 2.17. The summed E-state index contributed by atoms with van der Waals surface area (Å²) in [5, 5.41) is 0. The molecule has 0 aromatic heterocycles. The Morgan fingerprint density at radius 3 is 2.39 bits per heavy atom. The predicted octanol–water partition coefficient (Wildman–Crippen LogP) is 6.84. The van der Waals surface area contributed by atoms with Crippen LogP contribution in [-0.4, -0.2) is 30.5 Å². The number of aryl methyl sites for hydroxylation is 1. The lowest BCUT2D eigenvalue weighted by Crippen LogP contribution is -2.23. The molecule has 2 rings (SSSR count). The third kappa shape index (κ3) is 7.37. The van der Waals surface area contributed by atoms with Crippen LogP contribution in [0.15, 0.2) is 65.6 Å². The second kappa shape index (κ2) is 9.67. The molecule has 0 spiro atoms. The fourth-order valence-corrected chi connectivity index (χ4v) is 4.58. The fraction of sp³-hybridized carbons (Fsp3) is 0.440. The second-order valence-corrected chi connectivity index (χ2v) is 12.0. The van der Waals surface area contributed by atoms with Crippen LogP contribution in [0.25, 0.3) is 0 Å². The van der Waals surface area contributed by atoms with Crippen molar-refractivity contribution in [3.63, 3.8) is 0 Å². The van der Waals surface area contributed by atoms with E-state index in [0.29, 0.717) is 0 Å². The van der Waals surface area contributed by atoms with Gasteiger partial charge in [0.15, 0.2) is 0 Å². The Labute approximate surface area is 174 Å². The van der Waals surface area contributed by atoms with Gasteiger partial charge in [-0.05, 0) is 54.3 Å². The van der Waals surface area contributed by atoms with E-state index >= 15 is 0 Å². The smallest absolute Gasteiger partial charge is 0.135 e. The first-order chi connectivity index (χ1) is 13.1. The van der Waals surface area contributed by atoms with Gasteiger partial charge in [-0.1, -0.05) is 74.4 Å². The molecule has 2 nitrogen and oxygen atoms in total. The number of hydrogen-bond donors (Lipinski definition) is 0. The maximum atomic E-state index is 6.48. The lowest BCUT2D eigenvalue weighted by atomic mass is 9.96. The highest BCUT2D eigenvalue weighted by atomic mass is 32.3. The summed E-state index contributed by atoms with van der Waals surface area (Å²) in [7, 11) is -1.34. The topological polar surface area (TPSA) is 12.5 Å². The van der Waals surface area contributed by atoms with Gasteiger partial charge in [0, 0.05) is 30.5 Å². The van der Waals surface area contributed by atoms with Crippen molar-refractivity contribution < 1.29 is 4.18 Å². The molecule has 0 unspecified atom stereocenters. The van der Waals surface area contributed by atoms with E-state index in [9.17, 15) is 0 Å². The molecule has 0 fully saturated rings. The van der Waals surface area contributed by atoms with Crippen molar-refractivity contribution in [2.24, 2.45) is 5.41 Å². The maximum Gasteiger partial charge on any atom is 0.135 e. The molecular formula is C25H37NOS. The molecule has 0 aliphatic rings. The molecule has 0 radical (unpaired) electrons. The standard InChI is InChI=1S/C25H37NOS/c1-8-26(17-11-16-25(3,4)5)20-22-13-10-14-23(19-22)27-28(6,7)24-15-9-12-21(2)18-24/h9-16,18-19H,8,17,20H2,1-7H3/b16-11+. The van der Waals surface area contributed by atoms with E-state index in [1.54, 1.807) is 0 Å². The molecule has 0 saturated carbocycles. The fourth-order valence-electron chi connectivity index (χ4n) is 3.02. The average Bonchev–Trinajstić information content (AvgIpc) is 2.60. The first kappa shape index (κ1) is 22.6. The van der Waals surface area contributed by atoms with Gasteiger partial charge < -0.3 is 4.18 Å². The molecule has 0 N–H and O–H groups in total. The summed E-state index contributed by atoms with van der Waals surface area (Å²) in [6.45, 7) is 14.0. The zero-order valence-corrected chi connectivity index (χ0v) is 19.5. The number of likely N-dealkylation sites (N-methyl/N-ethyl adjacent to an activating group) is 1. The van der Waals surface area contributed by atoms with Crippen LogP contribution in [-0.2, 0) is 6.54 Å². The molecule has 0 amide bonds. The Bertz CT molecular complexity index is 789. The first-order valence-corrected chi connectivity index (χ1v) is 12.4. The highest BCUT2D eigenvalue weighted by molar-refractivity contribution is 8.29. The zero-order valence-electron chi connectivity index (χ0n) is 18.7. The largest absolute Gasteiger partial charge is 0.445 e. The molecule has 0 atom stereocenters. The van der Waals surface area contributed by atoms with E-state index in [2.05, 4.69) is 113 Å². The van der Waals surface area contributed by atoms with Crippen LogP contribution in [0.5, 0.6) is 5.75 Å². The third-order valence-electron chi connectivity index (χ3n) is 4.60. The van der Waals surface area contributed by atoms with Crippen LogP contribution >= 0.6 is 10.3 Å². The number of nitrogens with zero attached hydrogens (tertiary/aromatic N) is 1. The van der Waals surface area contributed by atoms with Crippen molar-refractivity contribution in [2.75, 3.05) is 25.6 Å². The van der Waals surface area contributed by atoms with E-state index in [0.717, 1.165) is 25.4 Å². The third-order valence-corrected chi connectivity index (χ3v) is 6.59. The highest BCUT2D eigenvalue weighted by Crippen LogP contribution is 2.50. The van der Waals surface area contributed by atoms with Crippen LogP contribution in [0, 0.1) is 12.3 Å². The number of rotatable bonds is 8. The minimum absolute atomic E-state index is 0.233. The van der Waals surface area contributed by atoms with Crippen molar-refractivity contribution in [2.45, 2.75) is 46.1 Å². The molecule has 154 valence electrons. The van der Waals surface area contributed by atoms with Gasteiger partial charge in [-0.25, -0.2) is 0 Å². The summed E-state index contributed by atoms with van der Waals surface area (Å²) >= 11 is 0. The van der Waals surface area contributed by atoms with Gasteiger partial charge in [0.05, 0.1) is 0 Å². The molecule has 0 aliphatic carbocycles. The number of hydrogen-bond acceptors (Lipinski definition) is 2. The van der Waals surface area contributed by atoms with Gasteiger partial charge in [0.2, 0.25) is 0 Å². The minimum atomic E-state index is -1.34. The van der Waals surface area contributed by atoms with E-state index < -0.39 is 10.3 Å². The molecule has 0 heterocycles. The molecule has 2 aromatic rings. The van der Waals surface area contributed by atoms with E-state index in [4.69, 9.17) is 4.18 Å². The summed E-state index contributed by atoms with van der Waals surface area (Å²) in [6.07, 6.45) is 9.01. The monoisotopic (exact) mass is 399 g/mol. The summed E-state index contributed by atoms with van der Waals surface area (Å²) in [6, 6.07) is 17.2. The minimum Gasteiger partial charge on any atom is -0.445 e. The van der Waals surface area contributed by atoms with Crippen LogP contribution in [0.3, 0.4) is 0 Å². The summed E-state index contributed by atoms with van der Waals surface area (Å²) < 4.78 is 6.48. The maximum absolute atomic E-state index is 6.48. The predicted molar refractivity (Wildman–Crippen MR) is 126 cm³/mol. The lowest BCUT2D eigenvalue weighted by molar-refractivity contribution is 0.310. The molecule has 0 bridgehead atoms. The Kier molecular flexibility index (Phi) is 7.79. The summed E-state index contributed by atoms with van der Waals surface area (Å²) in [4.78, 5) is 3.72. The lowest BCUT2D eigenvalue weighted by Gasteiger charge is -2.32. The first-order valence-electron chi connectivity index (χ1n) is 10.1. The summed E-state index contributed by atoms with van der Waals surface area (Å²) in [5.41, 5.74) is 2.80. The van der Waals surface area contributed by atoms with Gasteiger partial charge >= 0.3 is 0 Å². The van der Waals surface area contributed by atoms with Crippen LogP contribution in [0.1, 0.15) is 38.8 Å². The molecule has 3 heteroatoms. The van der Waals surface area contributed by atoms with E-state index in [1.165, 1.54) is 16.0 Å². The Morgan fingerprint density at radius 2 is 1.75 bits per heavy atom. The van der Waals surface area contributed by atoms with Crippen LogP contribution in [0.4, 0.5) is 0 Å². The van der Waals surface area contributed by atoms with Gasteiger partial charge in [0.1, 0.15) is 5.75 Å². The van der Waals surface area contributed by atoms with Crippen molar-refractivity contribution in [3.8, 4) is 5.75 Å². The van der Waals surface area contributed by atoms with E-state index in [1.807, 2.05) is 0 Å². The normalized spacial score (nSPS) is 13.3. The number of benzene rings is 2. The number of allylic oxidation sites excluding steroid dienone is 1. The average molecular weight is 400 g/mol. The van der Waals surface area contributed by atoms with Gasteiger partial charge in [-0.3, -0.25) is 4.90 Å². The Morgan fingerprint density at radius 1 is 1.04 bits per heavy atom. The van der Waals surface area contributed by atoms with Gasteiger partial charge in [-0.15, -0.1) is 0 Å². The van der Waals surface area contributed by atoms with Crippen molar-refractivity contribution >= 4 is 10.3 Å². The van der Waals surface area contributed by atoms with Crippen LogP contribution in [0.2, 0.25) is 0 Å². The molecule has 2 aromatic carbocycles. The van der Waals surface area contributed by atoms with Crippen molar-refractivity contribution in [1.29, 1.82) is 0 Å². The Hall–Kier alpha value is -1.71. The zero-order chi connectivity index (χ0) is 20.8. The summed E-state index contributed by atoms with van der Waals surface area (Å²) in [5.74, 6) is 0.959. The van der Waals surface area contributed by atoms with Crippen molar-refractivity contribution in [1.82, 2.24) is 4.90 Å². The van der Waals surface area contributed by atoms with Crippen LogP contribution < -0.4 is 4.18 Å². The van der Waals surface area contributed by atoms with Gasteiger partial charge in [-0.2, -0.15) is 0 Å². The molecular weight excluding hydrogens is 362 g/mol. The SMILES string of the molecule is CCN(C/C=C/C(C)(C)C)Cc1cccc(OS(C)(C)c2cccc(C)c2)c1. The molecule has 0 aliphatic heterocycles. The molecule has 0 saturated heterocycles. The second-order valence-electron chi connectivity index (χ2n) is 8.88.